The largest absolute Gasteiger partial charge is 0.311 e. The molecule has 0 bridgehead atoms. The van der Waals surface area contributed by atoms with Crippen molar-refractivity contribution in [1.82, 2.24) is 4.98 Å². The molecule has 0 saturated carbocycles. The number of anilines is 1. The van der Waals surface area contributed by atoms with Crippen LogP contribution >= 0.6 is 0 Å². The zero-order valence-electron chi connectivity index (χ0n) is 13.1. The van der Waals surface area contributed by atoms with E-state index in [1.807, 2.05) is 45.0 Å². The summed E-state index contributed by atoms with van der Waals surface area (Å²) in [6.45, 7) is 5.79. The van der Waals surface area contributed by atoms with Crippen molar-refractivity contribution in [2.24, 2.45) is 0 Å². The Morgan fingerprint density at radius 2 is 1.73 bits per heavy atom. The number of nitrogens with one attached hydrogen (secondary N) is 1. The van der Waals surface area contributed by atoms with Crippen LogP contribution in [-0.2, 0) is 4.79 Å². The van der Waals surface area contributed by atoms with Crippen LogP contribution in [0, 0.1) is 20.8 Å². The van der Waals surface area contributed by atoms with Crippen LogP contribution in [0.3, 0.4) is 0 Å². The van der Waals surface area contributed by atoms with Crippen molar-refractivity contribution in [3.8, 4) is 0 Å². The van der Waals surface area contributed by atoms with Crippen LogP contribution in [0.15, 0.2) is 36.5 Å². The molecule has 1 aromatic heterocycles. The van der Waals surface area contributed by atoms with Gasteiger partial charge in [0.15, 0.2) is 5.78 Å². The Morgan fingerprint density at radius 3 is 2.45 bits per heavy atom. The minimum atomic E-state index is -0.197. The van der Waals surface area contributed by atoms with Gasteiger partial charge in [0.1, 0.15) is 5.82 Å². The van der Waals surface area contributed by atoms with Gasteiger partial charge in [-0.05, 0) is 50.1 Å². The number of aryl methyl sites for hydroxylation is 3. The standard InChI is InChI=1S/C18H20N2O2/c1-12-4-5-14(3)15(10-12)16(21)6-7-18(22)20-17-11-13(2)8-9-19-17/h4-5,8-11H,6-7H2,1-3H3,(H,19,20,22). The van der Waals surface area contributed by atoms with Crippen LogP contribution in [0.2, 0.25) is 0 Å². The lowest BCUT2D eigenvalue weighted by Crippen LogP contribution is -2.14. The van der Waals surface area contributed by atoms with Crippen molar-refractivity contribution < 1.29 is 9.59 Å². The van der Waals surface area contributed by atoms with E-state index in [1.54, 1.807) is 12.3 Å². The molecule has 1 aromatic carbocycles. The summed E-state index contributed by atoms with van der Waals surface area (Å²) in [4.78, 5) is 28.2. The number of benzene rings is 1. The number of hydrogen-bond donors (Lipinski definition) is 1. The number of ketones is 1. The molecule has 2 aromatic rings. The summed E-state index contributed by atoms with van der Waals surface area (Å²) in [7, 11) is 0. The third kappa shape index (κ3) is 4.25. The van der Waals surface area contributed by atoms with E-state index < -0.39 is 0 Å². The van der Waals surface area contributed by atoms with Gasteiger partial charge in [0, 0.05) is 24.6 Å². The van der Waals surface area contributed by atoms with Crippen LogP contribution in [0.4, 0.5) is 5.82 Å². The van der Waals surface area contributed by atoms with Crippen LogP contribution < -0.4 is 5.32 Å². The monoisotopic (exact) mass is 296 g/mol. The lowest BCUT2D eigenvalue weighted by atomic mass is 9.99. The minimum absolute atomic E-state index is 0.00597. The van der Waals surface area contributed by atoms with E-state index in [9.17, 15) is 9.59 Å². The van der Waals surface area contributed by atoms with E-state index in [0.717, 1.165) is 16.7 Å². The van der Waals surface area contributed by atoms with Crippen LogP contribution in [0.1, 0.15) is 39.9 Å². The highest BCUT2D eigenvalue weighted by atomic mass is 16.2. The fourth-order valence-electron chi connectivity index (χ4n) is 2.21. The number of pyridine rings is 1. The lowest BCUT2D eigenvalue weighted by Gasteiger charge is -2.07. The molecule has 114 valence electrons. The second-order valence-electron chi connectivity index (χ2n) is 5.51. The number of carbonyl (C=O) groups excluding carboxylic acids is 2. The van der Waals surface area contributed by atoms with E-state index >= 15 is 0 Å². The Balaban J connectivity index is 1.93. The predicted octanol–water partition coefficient (Wildman–Crippen LogP) is 3.61. The summed E-state index contributed by atoms with van der Waals surface area (Å²) >= 11 is 0. The quantitative estimate of drug-likeness (QED) is 0.857. The van der Waals surface area contributed by atoms with Gasteiger partial charge in [-0.1, -0.05) is 17.7 Å². The van der Waals surface area contributed by atoms with Gasteiger partial charge in [-0.2, -0.15) is 0 Å². The molecule has 4 heteroatoms. The van der Waals surface area contributed by atoms with Gasteiger partial charge in [0.2, 0.25) is 5.91 Å². The first-order valence-electron chi connectivity index (χ1n) is 7.28. The smallest absolute Gasteiger partial charge is 0.225 e. The van der Waals surface area contributed by atoms with Gasteiger partial charge in [-0.15, -0.1) is 0 Å². The molecule has 1 N–H and O–H groups in total. The van der Waals surface area contributed by atoms with Crippen LogP contribution in [0.5, 0.6) is 0 Å². The second-order valence-corrected chi connectivity index (χ2v) is 5.51. The van der Waals surface area contributed by atoms with E-state index in [2.05, 4.69) is 10.3 Å². The normalized spacial score (nSPS) is 10.3. The molecule has 0 aliphatic heterocycles. The summed E-state index contributed by atoms with van der Waals surface area (Å²) in [5, 5.41) is 2.71. The number of aromatic nitrogens is 1. The maximum atomic E-state index is 12.2. The first-order chi connectivity index (χ1) is 10.5. The minimum Gasteiger partial charge on any atom is -0.311 e. The zero-order valence-corrected chi connectivity index (χ0v) is 13.1. The summed E-state index contributed by atoms with van der Waals surface area (Å²) in [6.07, 6.45) is 2.00. The van der Waals surface area contributed by atoms with Crippen molar-refractivity contribution in [2.45, 2.75) is 33.6 Å². The third-order valence-electron chi connectivity index (χ3n) is 3.46. The third-order valence-corrected chi connectivity index (χ3v) is 3.46. The van der Waals surface area contributed by atoms with Gasteiger partial charge >= 0.3 is 0 Å². The van der Waals surface area contributed by atoms with E-state index in [-0.39, 0.29) is 24.5 Å². The molecule has 1 heterocycles. The topological polar surface area (TPSA) is 59.1 Å². The number of Topliss-reactive ketones (excluding diaryl/α,β-unsaturated/α-hetero) is 1. The molecule has 0 fully saturated rings. The number of nitrogens with zero attached hydrogens (tertiary/aromatic N) is 1. The molecule has 0 atom stereocenters. The highest BCUT2D eigenvalue weighted by Crippen LogP contribution is 2.14. The molecule has 2 rings (SSSR count). The summed E-state index contributed by atoms with van der Waals surface area (Å²) in [6, 6.07) is 9.43. The molecule has 22 heavy (non-hydrogen) atoms. The molecule has 0 aliphatic rings. The van der Waals surface area contributed by atoms with Crippen molar-refractivity contribution >= 4 is 17.5 Å². The number of carbonyl (C=O) groups is 2. The number of hydrogen-bond acceptors (Lipinski definition) is 3. The average Bonchev–Trinajstić information content (AvgIpc) is 2.47. The van der Waals surface area contributed by atoms with Gasteiger partial charge < -0.3 is 5.32 Å². The maximum Gasteiger partial charge on any atom is 0.225 e. The SMILES string of the molecule is Cc1ccnc(NC(=O)CCC(=O)c2cc(C)ccc2C)c1. The fourth-order valence-corrected chi connectivity index (χ4v) is 2.21. The highest BCUT2D eigenvalue weighted by molar-refractivity contribution is 6.00. The second kappa shape index (κ2) is 6.98. The highest BCUT2D eigenvalue weighted by Gasteiger charge is 2.12. The molecular weight excluding hydrogens is 276 g/mol. The Kier molecular flexibility index (Phi) is 5.04. The Bertz CT molecular complexity index is 708. The lowest BCUT2D eigenvalue weighted by molar-refractivity contribution is -0.116. The first kappa shape index (κ1) is 15.9. The van der Waals surface area contributed by atoms with Crippen molar-refractivity contribution in [2.75, 3.05) is 5.32 Å². The zero-order chi connectivity index (χ0) is 16.1. The van der Waals surface area contributed by atoms with Gasteiger partial charge in [-0.25, -0.2) is 4.98 Å². The molecule has 1 amide bonds. The van der Waals surface area contributed by atoms with Crippen molar-refractivity contribution in [1.29, 1.82) is 0 Å². The van der Waals surface area contributed by atoms with Gasteiger partial charge in [0.05, 0.1) is 0 Å². The molecule has 0 saturated heterocycles. The van der Waals surface area contributed by atoms with E-state index in [0.29, 0.717) is 11.4 Å². The number of amides is 1. The molecule has 0 spiro atoms. The summed E-state index contributed by atoms with van der Waals surface area (Å²) in [5.74, 6) is 0.314. The van der Waals surface area contributed by atoms with Crippen LogP contribution in [0.25, 0.3) is 0 Å². The maximum absolute atomic E-state index is 12.2. The van der Waals surface area contributed by atoms with Gasteiger partial charge in [-0.3, -0.25) is 9.59 Å². The Morgan fingerprint density at radius 1 is 1.00 bits per heavy atom. The molecule has 0 unspecified atom stereocenters. The van der Waals surface area contributed by atoms with Crippen LogP contribution in [-0.4, -0.2) is 16.7 Å². The first-order valence-corrected chi connectivity index (χ1v) is 7.28. The Labute approximate surface area is 130 Å². The van der Waals surface area contributed by atoms with E-state index in [1.165, 1.54) is 0 Å². The molecular formula is C18H20N2O2. The molecule has 0 aliphatic carbocycles. The fraction of sp³-hybridized carbons (Fsp3) is 0.278. The predicted molar refractivity (Wildman–Crippen MR) is 87.1 cm³/mol. The number of rotatable bonds is 5. The van der Waals surface area contributed by atoms with Crippen molar-refractivity contribution in [3.05, 3.63) is 58.8 Å². The molecule has 0 radical (unpaired) electrons. The van der Waals surface area contributed by atoms with E-state index in [4.69, 9.17) is 0 Å². The summed E-state index contributed by atoms with van der Waals surface area (Å²) < 4.78 is 0. The Hall–Kier alpha value is -2.49. The summed E-state index contributed by atoms with van der Waals surface area (Å²) in [5.41, 5.74) is 3.71. The van der Waals surface area contributed by atoms with Crippen molar-refractivity contribution in [3.63, 3.8) is 0 Å². The molecule has 4 nitrogen and oxygen atoms in total. The van der Waals surface area contributed by atoms with Gasteiger partial charge in [0.25, 0.3) is 0 Å². The average molecular weight is 296 g/mol.